The van der Waals surface area contributed by atoms with Crippen molar-refractivity contribution in [2.24, 2.45) is 11.3 Å². The molecular weight excluding hydrogens is 324 g/mol. The Kier molecular flexibility index (Phi) is 7.10. The lowest BCUT2D eigenvalue weighted by Crippen LogP contribution is -2.48. The lowest BCUT2D eigenvalue weighted by Gasteiger charge is -2.41. The second kappa shape index (κ2) is 9.32. The number of nitrogens with zero attached hydrogens (tertiary/aromatic N) is 2. The van der Waals surface area contributed by atoms with Crippen molar-refractivity contribution in [3.8, 4) is 0 Å². The van der Waals surface area contributed by atoms with Crippen LogP contribution in [0, 0.1) is 11.3 Å². The largest absolute Gasteiger partial charge is 0.392 e. The average Bonchev–Trinajstić information content (AvgIpc) is 2.63. The van der Waals surface area contributed by atoms with Gasteiger partial charge in [-0.25, -0.2) is 0 Å². The number of rotatable bonds is 7. The van der Waals surface area contributed by atoms with Crippen LogP contribution in [0.1, 0.15) is 32.3 Å². The van der Waals surface area contributed by atoms with Crippen molar-refractivity contribution < 1.29 is 9.84 Å². The van der Waals surface area contributed by atoms with E-state index >= 15 is 0 Å². The van der Waals surface area contributed by atoms with Gasteiger partial charge in [-0.05, 0) is 49.2 Å². The van der Waals surface area contributed by atoms with Crippen LogP contribution in [0.3, 0.4) is 0 Å². The molecule has 0 aliphatic carbocycles. The molecule has 146 valence electrons. The average molecular weight is 361 g/mol. The Morgan fingerprint density at radius 1 is 1.00 bits per heavy atom. The normalized spacial score (nSPS) is 22.4. The standard InChI is InChI=1S/C22H36N2O2/c1-22(2,18-24-12-14-26-15-13-24)17-23-10-8-20(9-11-23)21(25)16-19-6-4-3-5-7-19/h3-7,20-21,25H,8-18H2,1-2H3. The van der Waals surface area contributed by atoms with E-state index in [0.29, 0.717) is 11.3 Å². The van der Waals surface area contributed by atoms with Crippen LogP contribution in [0.2, 0.25) is 0 Å². The summed E-state index contributed by atoms with van der Waals surface area (Å²) in [6.07, 6.45) is 2.80. The third-order valence-electron chi connectivity index (χ3n) is 5.87. The van der Waals surface area contributed by atoms with E-state index in [1.165, 1.54) is 5.56 Å². The molecule has 2 fully saturated rings. The molecule has 2 aliphatic heterocycles. The topological polar surface area (TPSA) is 35.9 Å². The smallest absolute Gasteiger partial charge is 0.0609 e. The Morgan fingerprint density at radius 3 is 2.19 bits per heavy atom. The van der Waals surface area contributed by atoms with Crippen molar-refractivity contribution in [2.45, 2.75) is 39.2 Å². The van der Waals surface area contributed by atoms with Crippen molar-refractivity contribution in [1.82, 2.24) is 9.80 Å². The third kappa shape index (κ3) is 6.05. The summed E-state index contributed by atoms with van der Waals surface area (Å²) >= 11 is 0. The zero-order valence-electron chi connectivity index (χ0n) is 16.6. The van der Waals surface area contributed by atoms with E-state index in [1.807, 2.05) is 6.07 Å². The highest BCUT2D eigenvalue weighted by molar-refractivity contribution is 5.15. The molecule has 1 unspecified atom stereocenters. The van der Waals surface area contributed by atoms with E-state index in [2.05, 4.69) is 47.9 Å². The summed E-state index contributed by atoms with van der Waals surface area (Å²) in [6, 6.07) is 10.4. The molecule has 4 nitrogen and oxygen atoms in total. The molecule has 2 heterocycles. The quantitative estimate of drug-likeness (QED) is 0.811. The van der Waals surface area contributed by atoms with Gasteiger partial charge in [-0.15, -0.1) is 0 Å². The van der Waals surface area contributed by atoms with Crippen LogP contribution >= 0.6 is 0 Å². The molecule has 0 radical (unpaired) electrons. The van der Waals surface area contributed by atoms with Crippen LogP contribution in [0.25, 0.3) is 0 Å². The Labute approximate surface area is 159 Å². The van der Waals surface area contributed by atoms with Crippen LogP contribution in [-0.2, 0) is 11.2 Å². The van der Waals surface area contributed by atoms with Gasteiger partial charge < -0.3 is 14.7 Å². The monoisotopic (exact) mass is 360 g/mol. The fourth-order valence-electron chi connectivity index (χ4n) is 4.54. The van der Waals surface area contributed by atoms with Crippen LogP contribution in [0.5, 0.6) is 0 Å². The summed E-state index contributed by atoms with van der Waals surface area (Å²) < 4.78 is 5.47. The molecule has 1 aromatic rings. The molecule has 0 aromatic heterocycles. The summed E-state index contributed by atoms with van der Waals surface area (Å²) in [4.78, 5) is 5.14. The van der Waals surface area contributed by atoms with Crippen molar-refractivity contribution in [2.75, 3.05) is 52.5 Å². The summed E-state index contributed by atoms with van der Waals surface area (Å²) in [5, 5.41) is 10.6. The van der Waals surface area contributed by atoms with Crippen LogP contribution in [0.15, 0.2) is 30.3 Å². The van der Waals surface area contributed by atoms with Crippen molar-refractivity contribution in [3.63, 3.8) is 0 Å². The number of hydrogen-bond donors (Lipinski definition) is 1. The van der Waals surface area contributed by atoms with Crippen molar-refractivity contribution in [3.05, 3.63) is 35.9 Å². The zero-order chi connectivity index (χ0) is 18.4. The number of hydrogen-bond acceptors (Lipinski definition) is 4. The van der Waals surface area contributed by atoms with Gasteiger partial charge in [0.05, 0.1) is 19.3 Å². The van der Waals surface area contributed by atoms with E-state index in [-0.39, 0.29) is 6.10 Å². The van der Waals surface area contributed by atoms with Gasteiger partial charge in [0.1, 0.15) is 0 Å². The van der Waals surface area contributed by atoms with Gasteiger partial charge in [0.2, 0.25) is 0 Å². The first-order valence-electron chi connectivity index (χ1n) is 10.3. The molecule has 0 spiro atoms. The van der Waals surface area contributed by atoms with E-state index in [1.54, 1.807) is 0 Å². The van der Waals surface area contributed by atoms with Crippen LogP contribution < -0.4 is 0 Å². The summed E-state index contributed by atoms with van der Waals surface area (Å²) in [5.41, 5.74) is 1.54. The lowest BCUT2D eigenvalue weighted by molar-refractivity contribution is 0.00796. The highest BCUT2D eigenvalue weighted by atomic mass is 16.5. The maximum atomic E-state index is 10.6. The Bertz CT molecular complexity index is 520. The highest BCUT2D eigenvalue weighted by Gasteiger charge is 2.30. The molecule has 2 aliphatic rings. The lowest BCUT2D eigenvalue weighted by atomic mass is 9.86. The second-order valence-electron chi connectivity index (χ2n) is 8.92. The fourth-order valence-corrected chi connectivity index (χ4v) is 4.54. The summed E-state index contributed by atoms with van der Waals surface area (Å²) in [6.45, 7) is 13.2. The molecule has 3 rings (SSSR count). The Morgan fingerprint density at radius 2 is 1.58 bits per heavy atom. The number of morpholine rings is 1. The minimum atomic E-state index is -0.207. The van der Waals surface area contributed by atoms with Gasteiger partial charge in [0.15, 0.2) is 0 Å². The van der Waals surface area contributed by atoms with Gasteiger partial charge >= 0.3 is 0 Å². The molecule has 4 heteroatoms. The van der Waals surface area contributed by atoms with Gasteiger partial charge in [-0.2, -0.15) is 0 Å². The molecule has 2 saturated heterocycles. The van der Waals surface area contributed by atoms with Gasteiger partial charge in [-0.3, -0.25) is 4.90 Å². The summed E-state index contributed by atoms with van der Waals surface area (Å²) in [5.74, 6) is 0.439. The van der Waals surface area contributed by atoms with Gasteiger partial charge in [-0.1, -0.05) is 44.2 Å². The molecule has 0 amide bonds. The van der Waals surface area contributed by atoms with Crippen molar-refractivity contribution in [1.29, 1.82) is 0 Å². The zero-order valence-corrected chi connectivity index (χ0v) is 16.6. The molecule has 26 heavy (non-hydrogen) atoms. The molecule has 0 bridgehead atoms. The molecular formula is C22H36N2O2. The molecule has 0 saturated carbocycles. The number of piperidine rings is 1. The number of ether oxygens (including phenoxy) is 1. The minimum Gasteiger partial charge on any atom is -0.392 e. The number of likely N-dealkylation sites (tertiary alicyclic amines) is 1. The SMILES string of the molecule is CC(C)(CN1CCOCC1)CN1CCC(C(O)Cc2ccccc2)CC1. The second-order valence-corrected chi connectivity index (χ2v) is 8.92. The first-order chi connectivity index (χ1) is 12.5. The number of benzene rings is 1. The Hall–Kier alpha value is -0.940. The maximum Gasteiger partial charge on any atom is 0.0609 e. The van der Waals surface area contributed by atoms with Crippen LogP contribution in [-0.4, -0.2) is 73.5 Å². The maximum absolute atomic E-state index is 10.6. The Balaban J connectivity index is 1.41. The third-order valence-corrected chi connectivity index (χ3v) is 5.87. The number of aliphatic hydroxyl groups excluding tert-OH is 1. The van der Waals surface area contributed by atoms with Gasteiger partial charge in [0, 0.05) is 26.2 Å². The fraction of sp³-hybridized carbons (Fsp3) is 0.727. The predicted molar refractivity (Wildman–Crippen MR) is 106 cm³/mol. The molecule has 1 N–H and O–H groups in total. The highest BCUT2D eigenvalue weighted by Crippen LogP contribution is 2.26. The van der Waals surface area contributed by atoms with E-state index in [4.69, 9.17) is 4.74 Å². The minimum absolute atomic E-state index is 0.207. The molecule has 1 atom stereocenters. The van der Waals surface area contributed by atoms with E-state index in [0.717, 1.165) is 71.7 Å². The number of aliphatic hydroxyl groups is 1. The first-order valence-corrected chi connectivity index (χ1v) is 10.3. The predicted octanol–water partition coefficient (Wildman–Crippen LogP) is 2.66. The van der Waals surface area contributed by atoms with Crippen LogP contribution in [0.4, 0.5) is 0 Å². The summed E-state index contributed by atoms with van der Waals surface area (Å²) in [7, 11) is 0. The van der Waals surface area contributed by atoms with Crippen molar-refractivity contribution >= 4 is 0 Å². The van der Waals surface area contributed by atoms with Gasteiger partial charge in [0.25, 0.3) is 0 Å². The molecule has 1 aromatic carbocycles. The first kappa shape index (κ1) is 19.8. The van der Waals surface area contributed by atoms with E-state index in [9.17, 15) is 5.11 Å². The van der Waals surface area contributed by atoms with E-state index < -0.39 is 0 Å².